The SMILES string of the molecule is COCc1nc(C2CC(N)C2)cc(N(C)CC2CC(c3ccccc3)NN2)n1. The summed E-state index contributed by atoms with van der Waals surface area (Å²) in [5.41, 5.74) is 15.2. The first-order valence-electron chi connectivity index (χ1n) is 10.0. The van der Waals surface area contributed by atoms with Crippen molar-refractivity contribution in [2.24, 2.45) is 5.73 Å². The topological polar surface area (TPSA) is 88.3 Å². The Morgan fingerprint density at radius 1 is 1.14 bits per heavy atom. The van der Waals surface area contributed by atoms with Gasteiger partial charge in [0.15, 0.2) is 5.82 Å². The number of hydrazine groups is 1. The summed E-state index contributed by atoms with van der Waals surface area (Å²) in [4.78, 5) is 11.6. The van der Waals surface area contributed by atoms with Gasteiger partial charge >= 0.3 is 0 Å². The maximum atomic E-state index is 5.98. The normalized spacial score (nSPS) is 26.8. The van der Waals surface area contributed by atoms with Crippen LogP contribution in [0.3, 0.4) is 0 Å². The summed E-state index contributed by atoms with van der Waals surface area (Å²) in [5.74, 6) is 2.12. The molecule has 1 aromatic carbocycles. The molecule has 1 aliphatic heterocycles. The van der Waals surface area contributed by atoms with Gasteiger partial charge in [-0.25, -0.2) is 15.4 Å². The maximum absolute atomic E-state index is 5.98. The second-order valence-electron chi connectivity index (χ2n) is 7.99. The Balaban J connectivity index is 1.43. The van der Waals surface area contributed by atoms with Crippen LogP contribution in [0.25, 0.3) is 0 Å². The smallest absolute Gasteiger partial charge is 0.156 e. The minimum atomic E-state index is 0.302. The molecule has 150 valence electrons. The summed E-state index contributed by atoms with van der Waals surface area (Å²) in [6.07, 6.45) is 3.04. The first-order valence-corrected chi connectivity index (χ1v) is 10.0. The van der Waals surface area contributed by atoms with Crippen LogP contribution in [0.15, 0.2) is 36.4 Å². The molecule has 1 aliphatic carbocycles. The number of anilines is 1. The van der Waals surface area contributed by atoms with Gasteiger partial charge in [0.1, 0.15) is 12.4 Å². The zero-order valence-corrected chi connectivity index (χ0v) is 16.6. The second kappa shape index (κ2) is 8.53. The number of rotatable bonds is 7. The van der Waals surface area contributed by atoms with Crippen LogP contribution in [0.2, 0.25) is 0 Å². The van der Waals surface area contributed by atoms with Crippen LogP contribution in [-0.4, -0.2) is 42.8 Å². The van der Waals surface area contributed by atoms with Gasteiger partial charge < -0.3 is 15.4 Å². The lowest BCUT2D eigenvalue weighted by atomic mass is 9.78. The van der Waals surface area contributed by atoms with Gasteiger partial charge in [-0.15, -0.1) is 0 Å². The lowest BCUT2D eigenvalue weighted by Crippen LogP contribution is -2.39. The number of likely N-dealkylation sites (N-methyl/N-ethyl adjacent to an activating group) is 1. The van der Waals surface area contributed by atoms with E-state index in [9.17, 15) is 0 Å². The van der Waals surface area contributed by atoms with E-state index in [-0.39, 0.29) is 0 Å². The number of nitrogens with one attached hydrogen (secondary N) is 2. The van der Waals surface area contributed by atoms with Crippen LogP contribution >= 0.6 is 0 Å². The Labute approximate surface area is 166 Å². The number of hydrogen-bond acceptors (Lipinski definition) is 7. The van der Waals surface area contributed by atoms with Gasteiger partial charge in [-0.05, 0) is 24.8 Å². The molecular weight excluding hydrogens is 352 g/mol. The highest BCUT2D eigenvalue weighted by atomic mass is 16.5. The zero-order valence-electron chi connectivity index (χ0n) is 16.6. The Hall–Kier alpha value is -2.06. The van der Waals surface area contributed by atoms with Crippen molar-refractivity contribution >= 4 is 5.82 Å². The average Bonchev–Trinajstić information content (AvgIpc) is 3.15. The first-order chi connectivity index (χ1) is 13.6. The third-order valence-corrected chi connectivity index (χ3v) is 5.71. The molecular formula is C21H30N6O. The third kappa shape index (κ3) is 4.33. The molecule has 2 aromatic rings. The van der Waals surface area contributed by atoms with E-state index in [0.29, 0.717) is 30.7 Å². The van der Waals surface area contributed by atoms with Crippen LogP contribution in [-0.2, 0) is 11.3 Å². The molecule has 7 nitrogen and oxygen atoms in total. The average molecular weight is 383 g/mol. The van der Waals surface area contributed by atoms with Gasteiger partial charge in [0.2, 0.25) is 0 Å². The van der Waals surface area contributed by atoms with Gasteiger partial charge in [0.05, 0.1) is 0 Å². The van der Waals surface area contributed by atoms with Crippen molar-refractivity contribution < 1.29 is 4.74 Å². The predicted octanol–water partition coefficient (Wildman–Crippen LogP) is 1.87. The Morgan fingerprint density at radius 2 is 1.93 bits per heavy atom. The Kier molecular flexibility index (Phi) is 5.87. The lowest BCUT2D eigenvalue weighted by molar-refractivity contribution is 0.177. The summed E-state index contributed by atoms with van der Waals surface area (Å²) < 4.78 is 5.28. The highest BCUT2D eigenvalue weighted by molar-refractivity contribution is 5.41. The molecule has 2 unspecified atom stereocenters. The fourth-order valence-corrected chi connectivity index (χ4v) is 4.07. The minimum absolute atomic E-state index is 0.302. The fourth-order valence-electron chi connectivity index (χ4n) is 4.07. The van der Waals surface area contributed by atoms with Crippen LogP contribution in [0.4, 0.5) is 5.82 Å². The quantitative estimate of drug-likeness (QED) is 0.674. The number of benzene rings is 1. The molecule has 1 aromatic heterocycles. The molecule has 4 N–H and O–H groups in total. The van der Waals surface area contributed by atoms with E-state index in [1.165, 1.54) is 5.56 Å². The Bertz CT molecular complexity index is 780. The van der Waals surface area contributed by atoms with Gasteiger partial charge in [0.25, 0.3) is 0 Å². The molecule has 0 spiro atoms. The number of nitrogens with two attached hydrogens (primary N) is 1. The number of hydrogen-bond donors (Lipinski definition) is 3. The molecule has 2 atom stereocenters. The fraction of sp³-hybridized carbons (Fsp3) is 0.524. The van der Waals surface area contributed by atoms with E-state index < -0.39 is 0 Å². The molecule has 4 rings (SSSR count). The number of ether oxygens (including phenoxy) is 1. The standard InChI is InChI=1S/C21H30N6O/c1-27(12-17-10-19(26-25-17)14-6-4-3-5-7-14)21-11-18(15-8-16(22)9-15)23-20(24-21)13-28-2/h3-7,11,15-17,19,25-26H,8-10,12-13,22H2,1-2H3. The second-order valence-corrected chi connectivity index (χ2v) is 7.99. The van der Waals surface area contributed by atoms with E-state index in [1.807, 2.05) is 0 Å². The van der Waals surface area contributed by atoms with E-state index in [1.54, 1.807) is 7.11 Å². The van der Waals surface area contributed by atoms with Crippen molar-refractivity contribution in [2.75, 3.05) is 25.6 Å². The van der Waals surface area contributed by atoms with Crippen LogP contribution in [0.1, 0.15) is 48.3 Å². The van der Waals surface area contributed by atoms with Crippen molar-refractivity contribution in [3.8, 4) is 0 Å². The third-order valence-electron chi connectivity index (χ3n) is 5.71. The predicted molar refractivity (Wildman–Crippen MR) is 110 cm³/mol. The summed E-state index contributed by atoms with van der Waals surface area (Å²) in [7, 11) is 3.77. The highest BCUT2D eigenvalue weighted by Gasteiger charge is 2.30. The monoisotopic (exact) mass is 382 g/mol. The number of methoxy groups -OCH3 is 1. The van der Waals surface area contributed by atoms with E-state index in [4.69, 9.17) is 20.4 Å². The molecule has 7 heteroatoms. The van der Waals surface area contributed by atoms with Crippen molar-refractivity contribution in [3.63, 3.8) is 0 Å². The van der Waals surface area contributed by atoms with Crippen LogP contribution < -0.4 is 21.5 Å². The summed E-state index contributed by atoms with van der Waals surface area (Å²) in [6, 6.07) is 13.7. The van der Waals surface area contributed by atoms with Crippen molar-refractivity contribution in [3.05, 3.63) is 53.5 Å². The van der Waals surface area contributed by atoms with Crippen molar-refractivity contribution in [2.45, 2.75) is 49.9 Å². The van der Waals surface area contributed by atoms with Crippen LogP contribution in [0.5, 0.6) is 0 Å². The summed E-state index contributed by atoms with van der Waals surface area (Å²) in [5, 5.41) is 0. The van der Waals surface area contributed by atoms with E-state index >= 15 is 0 Å². The van der Waals surface area contributed by atoms with E-state index in [2.05, 4.69) is 59.2 Å². The largest absolute Gasteiger partial charge is 0.377 e. The highest BCUT2D eigenvalue weighted by Crippen LogP contribution is 2.35. The molecule has 1 saturated carbocycles. The number of nitrogens with zero attached hydrogens (tertiary/aromatic N) is 3. The molecule has 0 bridgehead atoms. The van der Waals surface area contributed by atoms with Gasteiger partial charge in [-0.2, -0.15) is 0 Å². The van der Waals surface area contributed by atoms with Crippen LogP contribution in [0, 0.1) is 0 Å². The molecule has 0 amide bonds. The van der Waals surface area contributed by atoms with Gasteiger partial charge in [-0.1, -0.05) is 30.3 Å². The lowest BCUT2D eigenvalue weighted by Gasteiger charge is -2.32. The molecule has 1 saturated heterocycles. The van der Waals surface area contributed by atoms with Crippen molar-refractivity contribution in [1.29, 1.82) is 0 Å². The maximum Gasteiger partial charge on any atom is 0.156 e. The van der Waals surface area contributed by atoms with Gasteiger partial charge in [-0.3, -0.25) is 5.43 Å². The first kappa shape index (κ1) is 19.3. The summed E-state index contributed by atoms with van der Waals surface area (Å²) in [6.45, 7) is 1.29. The zero-order chi connectivity index (χ0) is 19.5. The molecule has 2 fully saturated rings. The van der Waals surface area contributed by atoms with Gasteiger partial charge in [0, 0.05) is 56.5 Å². The molecule has 2 heterocycles. The van der Waals surface area contributed by atoms with Crippen molar-refractivity contribution in [1.82, 2.24) is 20.8 Å². The number of aromatic nitrogens is 2. The minimum Gasteiger partial charge on any atom is -0.377 e. The van der Waals surface area contributed by atoms with E-state index in [0.717, 1.165) is 43.1 Å². The molecule has 28 heavy (non-hydrogen) atoms. The Morgan fingerprint density at radius 3 is 2.64 bits per heavy atom. The summed E-state index contributed by atoms with van der Waals surface area (Å²) >= 11 is 0. The molecule has 2 aliphatic rings. The molecule has 0 radical (unpaired) electrons.